The maximum Gasteiger partial charge on any atom is 0.270 e. The first-order chi connectivity index (χ1) is 16.9. The third-order valence-corrected chi connectivity index (χ3v) is 6.98. The molecule has 35 heavy (non-hydrogen) atoms. The van der Waals surface area contributed by atoms with Gasteiger partial charge in [0.25, 0.3) is 5.91 Å². The minimum absolute atomic E-state index is 0.0858. The van der Waals surface area contributed by atoms with Crippen LogP contribution in [0.15, 0.2) is 59.5 Å². The molecule has 1 amide bonds. The molecule has 178 valence electrons. The molecule has 2 heterocycles. The Balaban J connectivity index is 1.39. The van der Waals surface area contributed by atoms with Gasteiger partial charge < -0.3 is 18.9 Å². The molecule has 1 saturated heterocycles. The van der Waals surface area contributed by atoms with Crippen LogP contribution in [-0.4, -0.2) is 24.1 Å². The van der Waals surface area contributed by atoms with Gasteiger partial charge in [-0.1, -0.05) is 47.7 Å². The van der Waals surface area contributed by atoms with Crippen LogP contribution in [-0.2, 0) is 11.4 Å². The molecule has 5 rings (SSSR count). The molecule has 10 heteroatoms. The Kier molecular flexibility index (Phi) is 6.55. The lowest BCUT2D eigenvalue weighted by molar-refractivity contribution is -0.113. The van der Waals surface area contributed by atoms with Gasteiger partial charge in [0.15, 0.2) is 27.3 Å². The Bertz CT molecular complexity index is 1360. The lowest BCUT2D eigenvalue weighted by Crippen LogP contribution is -2.27. The van der Waals surface area contributed by atoms with Crippen molar-refractivity contribution < 1.29 is 28.1 Å². The van der Waals surface area contributed by atoms with E-state index in [0.717, 1.165) is 0 Å². The third kappa shape index (κ3) is 4.67. The Hall–Kier alpha value is -3.27. The van der Waals surface area contributed by atoms with Crippen molar-refractivity contribution in [1.82, 2.24) is 0 Å². The molecule has 0 aromatic heterocycles. The second kappa shape index (κ2) is 9.77. The molecule has 6 nitrogen and oxygen atoms in total. The van der Waals surface area contributed by atoms with Crippen LogP contribution >= 0.6 is 35.6 Å². The first-order valence-electron chi connectivity index (χ1n) is 10.4. The number of amides is 1. The number of anilines is 1. The van der Waals surface area contributed by atoms with Gasteiger partial charge in [-0.15, -0.1) is 0 Å². The fraction of sp³-hybridized carbons (Fsp3) is 0.120. The van der Waals surface area contributed by atoms with Crippen molar-refractivity contribution in [3.8, 4) is 23.0 Å². The number of ether oxygens (including phenoxy) is 4. The monoisotopic (exact) mass is 529 g/mol. The van der Waals surface area contributed by atoms with Crippen LogP contribution in [0.3, 0.4) is 0 Å². The second-order valence-corrected chi connectivity index (χ2v) is 9.54. The van der Waals surface area contributed by atoms with E-state index in [0.29, 0.717) is 43.5 Å². The molecular weight excluding hydrogens is 513 g/mol. The number of hydrogen-bond donors (Lipinski definition) is 0. The van der Waals surface area contributed by atoms with Crippen LogP contribution in [0.5, 0.6) is 23.0 Å². The zero-order valence-electron chi connectivity index (χ0n) is 18.2. The highest BCUT2D eigenvalue weighted by atomic mass is 35.5. The summed E-state index contributed by atoms with van der Waals surface area (Å²) in [5.41, 5.74) is 1.53. The number of thiocarbonyl (C=S) groups is 1. The molecule has 3 aromatic rings. The Morgan fingerprint density at radius 3 is 2.77 bits per heavy atom. The number of hydrogen-bond acceptors (Lipinski definition) is 7. The van der Waals surface area contributed by atoms with Crippen LogP contribution in [0.2, 0.25) is 5.02 Å². The molecule has 2 aliphatic rings. The van der Waals surface area contributed by atoms with Crippen molar-refractivity contribution in [2.45, 2.75) is 6.61 Å². The van der Waals surface area contributed by atoms with Gasteiger partial charge in [0.2, 0.25) is 6.79 Å². The first-order valence-corrected chi connectivity index (χ1v) is 12.0. The summed E-state index contributed by atoms with van der Waals surface area (Å²) in [5, 5.41) is 0.271. The summed E-state index contributed by atoms with van der Waals surface area (Å²) in [4.78, 5) is 15.1. The van der Waals surface area contributed by atoms with E-state index in [1.165, 1.54) is 35.9 Å². The summed E-state index contributed by atoms with van der Waals surface area (Å²) in [6.07, 6.45) is 1.72. The van der Waals surface area contributed by atoms with E-state index in [9.17, 15) is 9.18 Å². The number of carbonyl (C=O) groups is 1. The van der Waals surface area contributed by atoms with Gasteiger partial charge in [0, 0.05) is 11.6 Å². The standard InChI is InChI=1S/C25H17ClFNO5S2/c1-30-19-7-5-14(9-21(19)31-12-16-17(26)3-2-4-18(16)27)10-23-24(29)28(25(34)35-23)15-6-8-20-22(11-15)33-13-32-20/h2-11H,12-13H2,1H3. The predicted molar refractivity (Wildman–Crippen MR) is 137 cm³/mol. The molecule has 0 spiro atoms. The molecule has 1 fully saturated rings. The second-order valence-electron chi connectivity index (χ2n) is 7.45. The zero-order chi connectivity index (χ0) is 24.5. The summed E-state index contributed by atoms with van der Waals surface area (Å²) in [5.74, 6) is 1.31. The maximum absolute atomic E-state index is 14.1. The first kappa shape index (κ1) is 23.5. The van der Waals surface area contributed by atoms with Crippen molar-refractivity contribution in [3.63, 3.8) is 0 Å². The average molecular weight is 530 g/mol. The number of carbonyl (C=O) groups excluding carboxylic acids is 1. The number of rotatable bonds is 6. The van der Waals surface area contributed by atoms with Crippen molar-refractivity contribution in [2.75, 3.05) is 18.8 Å². The van der Waals surface area contributed by atoms with Crippen molar-refractivity contribution in [3.05, 3.63) is 81.5 Å². The minimum atomic E-state index is -0.459. The van der Waals surface area contributed by atoms with Gasteiger partial charge in [-0.05, 0) is 48.0 Å². The lowest BCUT2D eigenvalue weighted by Gasteiger charge is -2.15. The number of fused-ring (bicyclic) bond motifs is 1. The normalized spacial score (nSPS) is 15.7. The van der Waals surface area contributed by atoms with Crippen molar-refractivity contribution in [2.24, 2.45) is 0 Å². The van der Waals surface area contributed by atoms with Crippen LogP contribution < -0.4 is 23.8 Å². The Morgan fingerprint density at radius 2 is 1.97 bits per heavy atom. The summed E-state index contributed by atoms with van der Waals surface area (Å²) in [7, 11) is 1.51. The van der Waals surface area contributed by atoms with E-state index in [4.69, 9.17) is 42.8 Å². The quantitative estimate of drug-likeness (QED) is 0.278. The van der Waals surface area contributed by atoms with E-state index in [1.807, 2.05) is 0 Å². The molecule has 0 bridgehead atoms. The number of nitrogens with zero attached hydrogens (tertiary/aromatic N) is 1. The van der Waals surface area contributed by atoms with Gasteiger partial charge >= 0.3 is 0 Å². The summed E-state index contributed by atoms with van der Waals surface area (Å²) < 4.78 is 36.5. The summed E-state index contributed by atoms with van der Waals surface area (Å²) in [6, 6.07) is 14.9. The van der Waals surface area contributed by atoms with Crippen LogP contribution in [0.25, 0.3) is 6.08 Å². The summed E-state index contributed by atoms with van der Waals surface area (Å²) >= 11 is 12.8. The largest absolute Gasteiger partial charge is 0.493 e. The molecule has 3 aromatic carbocycles. The molecular formula is C25H17ClFNO5S2. The topological polar surface area (TPSA) is 57.2 Å². The SMILES string of the molecule is COc1ccc(C=C2SC(=S)N(c3ccc4c(c3)OCO4)C2=O)cc1OCc1c(F)cccc1Cl. The van der Waals surface area contributed by atoms with Crippen molar-refractivity contribution >= 4 is 57.6 Å². The Morgan fingerprint density at radius 1 is 1.14 bits per heavy atom. The number of benzene rings is 3. The van der Waals surface area contributed by atoms with E-state index in [2.05, 4.69) is 0 Å². The number of thioether (sulfide) groups is 1. The number of methoxy groups -OCH3 is 1. The fourth-order valence-corrected chi connectivity index (χ4v) is 5.10. The smallest absolute Gasteiger partial charge is 0.270 e. The van der Waals surface area contributed by atoms with Gasteiger partial charge in [-0.3, -0.25) is 9.69 Å². The fourth-order valence-electron chi connectivity index (χ4n) is 3.58. The minimum Gasteiger partial charge on any atom is -0.493 e. The molecule has 0 atom stereocenters. The maximum atomic E-state index is 14.1. The predicted octanol–water partition coefficient (Wildman–Crippen LogP) is 6.20. The van der Waals surface area contributed by atoms with Gasteiger partial charge in [0.05, 0.1) is 22.7 Å². The van der Waals surface area contributed by atoms with Crippen molar-refractivity contribution in [1.29, 1.82) is 0 Å². The zero-order valence-corrected chi connectivity index (χ0v) is 20.6. The van der Waals surface area contributed by atoms with Crippen LogP contribution in [0.1, 0.15) is 11.1 Å². The van der Waals surface area contributed by atoms with E-state index in [1.54, 1.807) is 48.5 Å². The summed E-state index contributed by atoms with van der Waals surface area (Å²) in [6.45, 7) is 0.0552. The lowest BCUT2D eigenvalue weighted by atomic mass is 10.1. The highest BCUT2D eigenvalue weighted by molar-refractivity contribution is 8.27. The van der Waals surface area contributed by atoms with Gasteiger partial charge in [-0.2, -0.15) is 0 Å². The van der Waals surface area contributed by atoms with Crippen LogP contribution in [0, 0.1) is 5.82 Å². The molecule has 2 aliphatic heterocycles. The van der Waals surface area contributed by atoms with Crippen LogP contribution in [0.4, 0.5) is 10.1 Å². The van der Waals surface area contributed by atoms with Gasteiger partial charge in [0.1, 0.15) is 12.4 Å². The number of halogens is 2. The van der Waals surface area contributed by atoms with E-state index >= 15 is 0 Å². The molecule has 0 radical (unpaired) electrons. The molecule has 0 saturated carbocycles. The highest BCUT2D eigenvalue weighted by Crippen LogP contribution is 2.41. The van der Waals surface area contributed by atoms with E-state index in [-0.39, 0.29) is 29.9 Å². The van der Waals surface area contributed by atoms with E-state index < -0.39 is 5.82 Å². The molecule has 0 aliphatic carbocycles. The third-order valence-electron chi connectivity index (χ3n) is 5.33. The highest BCUT2D eigenvalue weighted by Gasteiger charge is 2.34. The molecule has 0 unspecified atom stereocenters. The van der Waals surface area contributed by atoms with Gasteiger partial charge in [-0.25, -0.2) is 4.39 Å². The average Bonchev–Trinajstić information content (AvgIpc) is 3.42. The molecule has 0 N–H and O–H groups in total. The Labute approximate surface area is 215 Å².